The van der Waals surface area contributed by atoms with Crippen LogP contribution in [-0.4, -0.2) is 105 Å². The highest BCUT2D eigenvalue weighted by molar-refractivity contribution is 8.00. The summed E-state index contributed by atoms with van der Waals surface area (Å²) in [5.74, 6) is -3.93. The van der Waals surface area contributed by atoms with Crippen LogP contribution in [0.3, 0.4) is 0 Å². The Morgan fingerprint density at radius 3 is 2.48 bits per heavy atom. The number of carboxylic acids is 1. The van der Waals surface area contributed by atoms with Crippen LogP contribution in [0.4, 0.5) is 5.69 Å². The molecule has 1 aromatic heterocycles. The molecule has 4 amide bonds. The van der Waals surface area contributed by atoms with E-state index in [0.717, 1.165) is 40.9 Å². The van der Waals surface area contributed by atoms with Gasteiger partial charge in [-0.1, -0.05) is 30.3 Å². The average molecular weight is 729 g/mol. The minimum atomic E-state index is -1.36. The number of fused-ring (bicyclic) bond motifs is 1. The first-order valence-electron chi connectivity index (χ1n) is 16.9. The molecule has 15 nitrogen and oxygen atoms in total. The molecular weight excluding hydrogens is 692 g/mol. The summed E-state index contributed by atoms with van der Waals surface area (Å²) in [5, 5.41) is 15.0. The van der Waals surface area contributed by atoms with Crippen LogP contribution in [0, 0.1) is 0 Å². The van der Waals surface area contributed by atoms with E-state index in [1.165, 1.54) is 24.9 Å². The van der Waals surface area contributed by atoms with Crippen molar-refractivity contribution in [1.82, 2.24) is 25.0 Å². The molecule has 7 rings (SSSR count). The van der Waals surface area contributed by atoms with Crippen LogP contribution >= 0.6 is 11.8 Å². The van der Waals surface area contributed by atoms with Gasteiger partial charge in [0.05, 0.1) is 5.52 Å². The number of esters is 1. The highest BCUT2D eigenvalue weighted by Crippen LogP contribution is 2.41. The Morgan fingerprint density at radius 2 is 1.79 bits per heavy atom. The van der Waals surface area contributed by atoms with Crippen molar-refractivity contribution in [1.29, 1.82) is 0 Å². The SMILES string of the molecule is CC(=O)OCC1=C(C(=O)O)N2C(=O)C(NC(=O)C(NC(=O)c3cn4c5c(c(N6CCN(C=O)CC6)ccc5c3=O)CCC4)c3ccccc3)C2SC1. The second kappa shape index (κ2) is 14.2. The van der Waals surface area contributed by atoms with Crippen molar-refractivity contribution in [3.8, 4) is 0 Å². The number of benzene rings is 2. The molecule has 2 saturated heterocycles. The molecular formula is C36H36N6O9S. The summed E-state index contributed by atoms with van der Waals surface area (Å²) in [5.41, 5.74) is 2.58. The number of nitrogens with one attached hydrogen (secondary N) is 2. The van der Waals surface area contributed by atoms with Gasteiger partial charge in [-0.25, -0.2) is 4.79 Å². The maximum atomic E-state index is 13.9. The Kier molecular flexibility index (Phi) is 9.48. The molecule has 2 aromatic carbocycles. The van der Waals surface area contributed by atoms with Gasteiger partial charge in [0.15, 0.2) is 0 Å². The van der Waals surface area contributed by atoms with Gasteiger partial charge in [-0.3, -0.25) is 33.7 Å². The predicted molar refractivity (Wildman–Crippen MR) is 189 cm³/mol. The number of aromatic nitrogens is 1. The molecule has 0 saturated carbocycles. The number of carboxylic acid groups (broad SMARTS) is 1. The Bertz CT molecular complexity index is 2090. The van der Waals surface area contributed by atoms with E-state index >= 15 is 0 Å². The summed E-state index contributed by atoms with van der Waals surface area (Å²) in [7, 11) is 0. The van der Waals surface area contributed by atoms with Gasteiger partial charge >= 0.3 is 11.9 Å². The zero-order chi connectivity index (χ0) is 36.7. The molecule has 3 atom stereocenters. The number of carbonyl (C=O) groups is 6. The van der Waals surface area contributed by atoms with Crippen molar-refractivity contribution in [2.75, 3.05) is 43.4 Å². The van der Waals surface area contributed by atoms with Crippen LogP contribution in [0.1, 0.15) is 40.9 Å². The molecule has 5 heterocycles. The van der Waals surface area contributed by atoms with E-state index in [1.54, 1.807) is 41.3 Å². The predicted octanol–water partition coefficient (Wildman–Crippen LogP) is 0.999. The number of ether oxygens (including phenoxy) is 1. The molecule has 2 fully saturated rings. The second-order valence-corrected chi connectivity index (χ2v) is 14.1. The van der Waals surface area contributed by atoms with Crippen LogP contribution in [-0.2, 0) is 41.7 Å². The van der Waals surface area contributed by atoms with Gasteiger partial charge in [0.1, 0.15) is 35.3 Å². The number of rotatable bonds is 10. The number of hydrogen-bond donors (Lipinski definition) is 3. The third-order valence-electron chi connectivity index (χ3n) is 9.86. The normalized spacial score (nSPS) is 20.1. The van der Waals surface area contributed by atoms with E-state index in [2.05, 4.69) is 15.5 Å². The Labute approximate surface area is 301 Å². The van der Waals surface area contributed by atoms with Gasteiger partial charge in [0.2, 0.25) is 17.7 Å². The molecule has 4 aliphatic rings. The van der Waals surface area contributed by atoms with Crippen molar-refractivity contribution >= 4 is 64.4 Å². The van der Waals surface area contributed by atoms with Crippen molar-refractivity contribution in [3.63, 3.8) is 0 Å². The smallest absolute Gasteiger partial charge is 0.352 e. The van der Waals surface area contributed by atoms with Gasteiger partial charge in [0.25, 0.3) is 11.8 Å². The lowest BCUT2D eigenvalue weighted by molar-refractivity contribution is -0.151. The molecule has 3 aromatic rings. The fraction of sp³-hybridized carbons (Fsp3) is 0.361. The van der Waals surface area contributed by atoms with E-state index in [1.807, 2.05) is 10.6 Å². The average Bonchev–Trinajstić information content (AvgIpc) is 3.16. The lowest BCUT2D eigenvalue weighted by Gasteiger charge is -2.49. The Balaban J connectivity index is 1.14. The largest absolute Gasteiger partial charge is 0.477 e. The van der Waals surface area contributed by atoms with Crippen LogP contribution < -0.4 is 21.0 Å². The zero-order valence-electron chi connectivity index (χ0n) is 28.2. The number of piperazine rings is 1. The van der Waals surface area contributed by atoms with Crippen molar-refractivity contribution in [2.45, 2.75) is 43.8 Å². The number of aliphatic carboxylic acids is 1. The molecule has 4 aliphatic heterocycles. The first-order valence-corrected chi connectivity index (χ1v) is 17.9. The standard InChI is InChI=1S/C36H36N6O9S/c1-20(44)51-17-22-18-52-35-28(34(48)42(35)29(22)36(49)50)38-33(47)27(21-6-3-2-4-7-21)37-32(46)25-16-41-11-5-8-23-26(10-9-24(30(23)41)31(25)45)40-14-12-39(19-43)13-15-40/h2-4,6-7,9-10,16,19,27-28,35H,5,8,11-15,17-18H2,1H3,(H,37,46)(H,38,47)(H,49,50). The monoisotopic (exact) mass is 728 g/mol. The van der Waals surface area contributed by atoms with E-state index in [9.17, 15) is 38.7 Å². The van der Waals surface area contributed by atoms with Crippen LogP contribution in [0.25, 0.3) is 10.9 Å². The number of anilines is 1. The summed E-state index contributed by atoms with van der Waals surface area (Å²) >= 11 is 1.22. The lowest BCUT2D eigenvalue weighted by atomic mass is 9.96. The minimum Gasteiger partial charge on any atom is -0.477 e. The van der Waals surface area contributed by atoms with Crippen molar-refractivity contribution < 1.29 is 38.6 Å². The highest BCUT2D eigenvalue weighted by atomic mass is 32.2. The highest BCUT2D eigenvalue weighted by Gasteiger charge is 2.54. The molecule has 0 bridgehead atoms. The number of β-lactam (4-membered cyclic amide) rings is 1. The lowest BCUT2D eigenvalue weighted by Crippen LogP contribution is -2.71. The van der Waals surface area contributed by atoms with Gasteiger partial charge in [-0.05, 0) is 36.1 Å². The van der Waals surface area contributed by atoms with Gasteiger partial charge in [-0.15, -0.1) is 11.8 Å². The topological polar surface area (TPSA) is 188 Å². The minimum absolute atomic E-state index is 0.133. The van der Waals surface area contributed by atoms with Gasteiger partial charge in [0, 0.05) is 68.2 Å². The Hall–Kier alpha value is -5.64. The summed E-state index contributed by atoms with van der Waals surface area (Å²) in [6.07, 6.45) is 3.95. The number of hydrogen-bond acceptors (Lipinski definition) is 10. The summed E-state index contributed by atoms with van der Waals surface area (Å²) in [4.78, 5) is 94.8. The van der Waals surface area contributed by atoms with E-state index in [4.69, 9.17) is 4.74 Å². The molecule has 16 heteroatoms. The Morgan fingerprint density at radius 1 is 1.04 bits per heavy atom. The number of nitrogens with zero attached hydrogens (tertiary/aromatic N) is 4. The molecule has 52 heavy (non-hydrogen) atoms. The quantitative estimate of drug-likeness (QED) is 0.154. The van der Waals surface area contributed by atoms with E-state index in [-0.39, 0.29) is 29.2 Å². The number of pyridine rings is 1. The summed E-state index contributed by atoms with van der Waals surface area (Å²) in [6, 6.07) is 9.66. The molecule has 3 N–H and O–H groups in total. The summed E-state index contributed by atoms with van der Waals surface area (Å²) in [6.45, 7) is 4.06. The van der Waals surface area contributed by atoms with Gasteiger partial charge < -0.3 is 34.8 Å². The second-order valence-electron chi connectivity index (χ2n) is 13.0. The number of thioether (sulfide) groups is 1. The summed E-state index contributed by atoms with van der Waals surface area (Å²) < 4.78 is 6.90. The molecule has 0 radical (unpaired) electrons. The van der Waals surface area contributed by atoms with Crippen molar-refractivity contribution in [2.24, 2.45) is 0 Å². The molecule has 0 aliphatic carbocycles. The third-order valence-corrected chi connectivity index (χ3v) is 11.2. The third kappa shape index (κ3) is 6.27. The molecule has 270 valence electrons. The maximum absolute atomic E-state index is 13.9. The fourth-order valence-corrected chi connectivity index (χ4v) is 8.64. The first-order chi connectivity index (χ1) is 25.1. The number of aryl methyl sites for hydroxylation is 2. The van der Waals surface area contributed by atoms with Crippen LogP contribution in [0.2, 0.25) is 0 Å². The first kappa shape index (κ1) is 34.8. The van der Waals surface area contributed by atoms with Gasteiger partial charge in [-0.2, -0.15) is 0 Å². The van der Waals surface area contributed by atoms with Crippen molar-refractivity contribution in [3.05, 3.63) is 86.8 Å². The van der Waals surface area contributed by atoms with E-state index < -0.39 is 52.5 Å². The fourth-order valence-electron chi connectivity index (χ4n) is 7.31. The molecule has 3 unspecified atom stereocenters. The van der Waals surface area contributed by atoms with Crippen LogP contribution in [0.15, 0.2) is 64.7 Å². The molecule has 0 spiro atoms. The zero-order valence-corrected chi connectivity index (χ0v) is 29.0. The number of carbonyl (C=O) groups excluding carboxylic acids is 5. The maximum Gasteiger partial charge on any atom is 0.352 e. The van der Waals surface area contributed by atoms with Crippen LogP contribution in [0.5, 0.6) is 0 Å². The number of amides is 4. The van der Waals surface area contributed by atoms with E-state index in [0.29, 0.717) is 43.7 Å².